The summed E-state index contributed by atoms with van der Waals surface area (Å²) in [5, 5.41) is 15.2. The lowest BCUT2D eigenvalue weighted by atomic mass is 9.84. The average molecular weight is 550 g/mol. The third-order valence-electron chi connectivity index (χ3n) is 5.52. The van der Waals surface area contributed by atoms with E-state index in [4.69, 9.17) is 4.99 Å². The van der Waals surface area contributed by atoms with E-state index < -0.39 is 0 Å². The Bertz CT molecular complexity index is 1030. The molecule has 2 aromatic carbocycles. The molecule has 1 aromatic heterocycles. The molecule has 6 nitrogen and oxygen atoms in total. The maximum Gasteiger partial charge on any atom is 0.192 e. The molecule has 172 valence electrons. The molecule has 0 bridgehead atoms. The molecule has 2 N–H and O–H groups in total. The Hall–Kier alpha value is -2.49. The number of nitrogens with zero attached hydrogens (tertiary/aromatic N) is 4. The van der Waals surface area contributed by atoms with Crippen LogP contribution in [0.15, 0.2) is 59.6 Å². The Kier molecular flexibility index (Phi) is 9.18. The molecule has 0 aliphatic rings. The fourth-order valence-corrected chi connectivity index (χ4v) is 3.24. The molecular formula is C24H32FIN6. The van der Waals surface area contributed by atoms with Crippen LogP contribution in [0.4, 0.5) is 4.39 Å². The van der Waals surface area contributed by atoms with Gasteiger partial charge in [0.1, 0.15) is 18.2 Å². The van der Waals surface area contributed by atoms with Gasteiger partial charge in [-0.2, -0.15) is 0 Å². The summed E-state index contributed by atoms with van der Waals surface area (Å²) >= 11 is 0. The minimum absolute atomic E-state index is 0. The van der Waals surface area contributed by atoms with Gasteiger partial charge in [-0.3, -0.25) is 0 Å². The van der Waals surface area contributed by atoms with E-state index in [1.807, 2.05) is 42.8 Å². The predicted molar refractivity (Wildman–Crippen MR) is 138 cm³/mol. The summed E-state index contributed by atoms with van der Waals surface area (Å²) in [6, 6.07) is 17.0. The van der Waals surface area contributed by atoms with E-state index in [-0.39, 0.29) is 41.3 Å². The van der Waals surface area contributed by atoms with Crippen molar-refractivity contribution >= 4 is 29.9 Å². The minimum atomic E-state index is -0.290. The van der Waals surface area contributed by atoms with Crippen molar-refractivity contribution in [3.8, 4) is 0 Å². The van der Waals surface area contributed by atoms with Gasteiger partial charge in [0.25, 0.3) is 0 Å². The van der Waals surface area contributed by atoms with Crippen molar-refractivity contribution in [3.05, 3.63) is 83.2 Å². The number of aromatic nitrogens is 3. The molecule has 0 radical (unpaired) electrons. The van der Waals surface area contributed by atoms with Crippen LogP contribution >= 0.6 is 24.0 Å². The zero-order valence-electron chi connectivity index (χ0n) is 19.3. The zero-order valence-corrected chi connectivity index (χ0v) is 21.6. The van der Waals surface area contributed by atoms with Crippen LogP contribution in [0.2, 0.25) is 0 Å². The van der Waals surface area contributed by atoms with Gasteiger partial charge in [0.15, 0.2) is 11.8 Å². The SMILES string of the molecule is Cc1nnc(CN=C(NCC(C)(C)c2cccc(F)c2)NC(C)c2ccccc2)n1C.I. The van der Waals surface area contributed by atoms with E-state index in [0.29, 0.717) is 19.0 Å². The first-order valence-electron chi connectivity index (χ1n) is 10.5. The monoisotopic (exact) mass is 550 g/mol. The molecule has 1 atom stereocenters. The first-order chi connectivity index (χ1) is 14.8. The normalized spacial score (nSPS) is 12.8. The molecule has 3 aromatic rings. The summed E-state index contributed by atoms with van der Waals surface area (Å²) in [7, 11) is 1.93. The highest BCUT2D eigenvalue weighted by Crippen LogP contribution is 2.23. The smallest absolute Gasteiger partial charge is 0.192 e. The van der Waals surface area contributed by atoms with Crippen LogP contribution < -0.4 is 10.6 Å². The Labute approximate surface area is 206 Å². The number of aliphatic imine (C=N–C) groups is 1. The second kappa shape index (κ2) is 11.4. The summed E-state index contributed by atoms with van der Waals surface area (Å²) in [6.45, 7) is 9.15. The van der Waals surface area contributed by atoms with Crippen LogP contribution in [-0.4, -0.2) is 27.3 Å². The van der Waals surface area contributed by atoms with Gasteiger partial charge in [-0.25, -0.2) is 9.38 Å². The Morgan fingerprint density at radius 3 is 2.47 bits per heavy atom. The zero-order chi connectivity index (χ0) is 22.4. The number of hydrogen-bond donors (Lipinski definition) is 2. The lowest BCUT2D eigenvalue weighted by molar-refractivity contribution is 0.500. The van der Waals surface area contributed by atoms with Crippen molar-refractivity contribution in [2.45, 2.75) is 45.7 Å². The van der Waals surface area contributed by atoms with E-state index in [0.717, 1.165) is 22.8 Å². The number of rotatable bonds is 7. The van der Waals surface area contributed by atoms with Crippen LogP contribution in [0.1, 0.15) is 49.6 Å². The van der Waals surface area contributed by atoms with E-state index in [9.17, 15) is 4.39 Å². The molecule has 0 saturated carbocycles. The molecule has 0 aliphatic heterocycles. The van der Waals surface area contributed by atoms with E-state index in [2.05, 4.69) is 53.7 Å². The van der Waals surface area contributed by atoms with Gasteiger partial charge in [-0.1, -0.05) is 56.3 Å². The molecule has 0 amide bonds. The first kappa shape index (κ1) is 25.8. The highest BCUT2D eigenvalue weighted by Gasteiger charge is 2.22. The van der Waals surface area contributed by atoms with Crippen molar-refractivity contribution in [1.82, 2.24) is 25.4 Å². The maximum atomic E-state index is 13.7. The quantitative estimate of drug-likeness (QED) is 0.255. The van der Waals surface area contributed by atoms with Crippen LogP contribution in [0.5, 0.6) is 0 Å². The summed E-state index contributed by atoms with van der Waals surface area (Å²) in [6.07, 6.45) is 0. The van der Waals surface area contributed by atoms with Gasteiger partial charge in [0, 0.05) is 19.0 Å². The van der Waals surface area contributed by atoms with Crippen LogP contribution in [0, 0.1) is 12.7 Å². The molecule has 0 spiro atoms. The standard InChI is InChI=1S/C24H31FN6.HI/c1-17(19-10-7-6-8-11-19)28-23(26-15-22-30-29-18(2)31(22)5)27-16-24(3,4)20-12-9-13-21(25)14-20;/h6-14,17H,15-16H2,1-5H3,(H2,26,27,28);1H. The Balaban J connectivity index is 0.00000363. The summed E-state index contributed by atoms with van der Waals surface area (Å²) in [5.74, 6) is 2.07. The van der Waals surface area contributed by atoms with Crippen LogP contribution in [0.3, 0.4) is 0 Å². The fourth-order valence-electron chi connectivity index (χ4n) is 3.24. The second-order valence-electron chi connectivity index (χ2n) is 8.41. The molecule has 8 heteroatoms. The predicted octanol–water partition coefficient (Wildman–Crippen LogP) is 4.65. The highest BCUT2D eigenvalue weighted by atomic mass is 127. The van der Waals surface area contributed by atoms with Gasteiger partial charge < -0.3 is 15.2 Å². The van der Waals surface area contributed by atoms with Crippen molar-refractivity contribution < 1.29 is 4.39 Å². The largest absolute Gasteiger partial charge is 0.356 e. The molecule has 0 aliphatic carbocycles. The highest BCUT2D eigenvalue weighted by molar-refractivity contribution is 14.0. The van der Waals surface area contributed by atoms with Crippen LogP contribution in [0.25, 0.3) is 0 Å². The van der Waals surface area contributed by atoms with Gasteiger partial charge in [-0.05, 0) is 37.1 Å². The number of hydrogen-bond acceptors (Lipinski definition) is 3. The number of nitrogens with one attached hydrogen (secondary N) is 2. The van der Waals surface area contributed by atoms with Crippen molar-refractivity contribution in [2.24, 2.45) is 12.0 Å². The number of guanidine groups is 1. The molecule has 32 heavy (non-hydrogen) atoms. The third kappa shape index (κ3) is 6.75. The molecule has 0 saturated heterocycles. The Morgan fingerprint density at radius 1 is 1.12 bits per heavy atom. The van der Waals surface area contributed by atoms with Gasteiger partial charge in [-0.15, -0.1) is 34.2 Å². The van der Waals surface area contributed by atoms with E-state index in [1.165, 1.54) is 6.07 Å². The molecule has 0 fully saturated rings. The van der Waals surface area contributed by atoms with E-state index >= 15 is 0 Å². The second-order valence-corrected chi connectivity index (χ2v) is 8.41. The van der Waals surface area contributed by atoms with Gasteiger partial charge in [0.2, 0.25) is 0 Å². The van der Waals surface area contributed by atoms with Gasteiger partial charge in [0.05, 0.1) is 6.04 Å². The number of benzene rings is 2. The molecule has 3 rings (SSSR count). The van der Waals surface area contributed by atoms with Crippen molar-refractivity contribution in [1.29, 1.82) is 0 Å². The van der Waals surface area contributed by atoms with Crippen molar-refractivity contribution in [3.63, 3.8) is 0 Å². The minimum Gasteiger partial charge on any atom is -0.356 e. The van der Waals surface area contributed by atoms with E-state index in [1.54, 1.807) is 12.1 Å². The molecular weight excluding hydrogens is 518 g/mol. The average Bonchev–Trinajstić information content (AvgIpc) is 3.08. The Morgan fingerprint density at radius 2 is 1.84 bits per heavy atom. The number of aryl methyl sites for hydroxylation is 1. The lowest BCUT2D eigenvalue weighted by Crippen LogP contribution is -2.44. The maximum absolute atomic E-state index is 13.7. The fraction of sp³-hybridized carbons (Fsp3) is 0.375. The van der Waals surface area contributed by atoms with Gasteiger partial charge >= 0.3 is 0 Å². The summed E-state index contributed by atoms with van der Waals surface area (Å²) in [4.78, 5) is 4.74. The third-order valence-corrected chi connectivity index (χ3v) is 5.52. The van der Waals surface area contributed by atoms with Crippen molar-refractivity contribution in [2.75, 3.05) is 6.54 Å². The topological polar surface area (TPSA) is 67.1 Å². The summed E-state index contributed by atoms with van der Waals surface area (Å²) in [5.41, 5.74) is 1.80. The first-order valence-corrected chi connectivity index (χ1v) is 10.5. The molecule has 1 unspecified atom stereocenters. The number of halogens is 2. The summed E-state index contributed by atoms with van der Waals surface area (Å²) < 4.78 is 15.7. The molecule has 1 heterocycles. The lowest BCUT2D eigenvalue weighted by Gasteiger charge is -2.28. The van der Waals surface area contributed by atoms with Crippen LogP contribution in [-0.2, 0) is 19.0 Å².